The zero-order valence-electron chi connectivity index (χ0n) is 13.6. The number of aryl methyl sites for hydroxylation is 2. The highest BCUT2D eigenvalue weighted by atomic mass is 35.5. The topological polar surface area (TPSA) is 57.4 Å². The van der Waals surface area contributed by atoms with Crippen molar-refractivity contribution in [1.82, 2.24) is 10.2 Å². The Bertz CT molecular complexity index is 657. The van der Waals surface area contributed by atoms with E-state index in [1.807, 2.05) is 32.9 Å². The molecule has 0 aliphatic carbocycles. The predicted octanol–water partition coefficient (Wildman–Crippen LogP) is 4.72. The molecule has 1 fully saturated rings. The van der Waals surface area contributed by atoms with Crippen LogP contribution in [0.4, 0.5) is 0 Å². The van der Waals surface area contributed by atoms with Crippen LogP contribution in [0.2, 0.25) is 5.02 Å². The van der Waals surface area contributed by atoms with Gasteiger partial charge in [-0.05, 0) is 63.3 Å². The summed E-state index contributed by atoms with van der Waals surface area (Å²) in [6.07, 6.45) is 2.71. The third-order valence-electron chi connectivity index (χ3n) is 3.98. The number of nitrogens with zero attached hydrogens (tertiary/aromatic N) is 2. The molecule has 0 saturated carbocycles. The second-order valence-electron chi connectivity index (χ2n) is 5.96. The lowest BCUT2D eigenvalue weighted by molar-refractivity contribution is -0.00313. The van der Waals surface area contributed by atoms with E-state index in [0.717, 1.165) is 42.7 Å². The number of hydrogen-bond donors (Lipinski definition) is 0. The molecule has 0 unspecified atom stereocenters. The van der Waals surface area contributed by atoms with Crippen molar-refractivity contribution in [2.24, 2.45) is 0 Å². The molecule has 124 valence electrons. The molecule has 1 aliphatic heterocycles. The third kappa shape index (κ3) is 3.67. The van der Waals surface area contributed by atoms with Crippen molar-refractivity contribution in [1.29, 1.82) is 0 Å². The van der Waals surface area contributed by atoms with Gasteiger partial charge in [0.05, 0.1) is 0 Å². The largest absolute Gasteiger partial charge is 0.480 e. The molecule has 1 aromatic heterocycles. The SMILES string of the molecule is Cc1cc(Cl)cc(C)c1O[C@@H](C)c1nnc([C@@H]2CCCCO2)o1. The van der Waals surface area contributed by atoms with Gasteiger partial charge in [0.1, 0.15) is 11.9 Å². The summed E-state index contributed by atoms with van der Waals surface area (Å²) < 4.78 is 17.5. The summed E-state index contributed by atoms with van der Waals surface area (Å²) in [6, 6.07) is 3.76. The van der Waals surface area contributed by atoms with Gasteiger partial charge in [-0.25, -0.2) is 0 Å². The third-order valence-corrected chi connectivity index (χ3v) is 4.20. The smallest absolute Gasteiger partial charge is 0.256 e. The average molecular weight is 337 g/mol. The molecule has 2 atom stereocenters. The molecule has 6 heteroatoms. The number of hydrogen-bond acceptors (Lipinski definition) is 5. The van der Waals surface area contributed by atoms with E-state index < -0.39 is 0 Å². The molecule has 5 nitrogen and oxygen atoms in total. The lowest BCUT2D eigenvalue weighted by Gasteiger charge is -2.19. The Morgan fingerprint density at radius 2 is 1.96 bits per heavy atom. The van der Waals surface area contributed by atoms with E-state index in [1.54, 1.807) is 0 Å². The number of rotatable bonds is 4. The maximum atomic E-state index is 6.05. The van der Waals surface area contributed by atoms with Crippen LogP contribution in [-0.2, 0) is 4.74 Å². The van der Waals surface area contributed by atoms with Crippen LogP contribution in [-0.4, -0.2) is 16.8 Å². The van der Waals surface area contributed by atoms with E-state index >= 15 is 0 Å². The van der Waals surface area contributed by atoms with Gasteiger partial charge in [0.15, 0.2) is 6.10 Å². The van der Waals surface area contributed by atoms with Crippen molar-refractivity contribution in [3.05, 3.63) is 40.1 Å². The van der Waals surface area contributed by atoms with Gasteiger partial charge in [0.25, 0.3) is 5.89 Å². The summed E-state index contributed by atoms with van der Waals surface area (Å²) in [4.78, 5) is 0. The summed E-state index contributed by atoms with van der Waals surface area (Å²) in [6.45, 7) is 6.58. The number of aromatic nitrogens is 2. The first-order chi connectivity index (χ1) is 11.0. The Balaban J connectivity index is 1.74. The van der Waals surface area contributed by atoms with Crippen LogP contribution in [0.25, 0.3) is 0 Å². The first-order valence-corrected chi connectivity index (χ1v) is 8.30. The Hall–Kier alpha value is -1.59. The molecular weight excluding hydrogens is 316 g/mol. The van der Waals surface area contributed by atoms with E-state index in [9.17, 15) is 0 Å². The summed E-state index contributed by atoms with van der Waals surface area (Å²) in [5.41, 5.74) is 1.97. The fourth-order valence-corrected chi connectivity index (χ4v) is 3.11. The van der Waals surface area contributed by atoms with Crippen molar-refractivity contribution in [3.63, 3.8) is 0 Å². The number of benzene rings is 1. The lowest BCUT2D eigenvalue weighted by Crippen LogP contribution is -2.11. The molecule has 0 N–H and O–H groups in total. The molecule has 1 aromatic carbocycles. The summed E-state index contributed by atoms with van der Waals surface area (Å²) in [5.74, 6) is 1.80. The van der Waals surface area contributed by atoms with Crippen LogP contribution in [0.5, 0.6) is 5.75 Å². The van der Waals surface area contributed by atoms with Gasteiger partial charge in [0, 0.05) is 11.6 Å². The molecule has 2 heterocycles. The Labute approximate surface area is 140 Å². The van der Waals surface area contributed by atoms with E-state index in [1.165, 1.54) is 0 Å². The Kier molecular flexibility index (Phi) is 4.87. The van der Waals surface area contributed by atoms with Crippen LogP contribution >= 0.6 is 11.6 Å². The zero-order chi connectivity index (χ0) is 16.4. The van der Waals surface area contributed by atoms with E-state index in [2.05, 4.69) is 10.2 Å². The van der Waals surface area contributed by atoms with Gasteiger partial charge in [-0.2, -0.15) is 0 Å². The van der Waals surface area contributed by atoms with Crippen LogP contribution in [0, 0.1) is 13.8 Å². The van der Waals surface area contributed by atoms with Crippen LogP contribution in [0.3, 0.4) is 0 Å². The molecule has 2 aromatic rings. The maximum absolute atomic E-state index is 6.05. The molecule has 1 aliphatic rings. The summed E-state index contributed by atoms with van der Waals surface area (Å²) in [7, 11) is 0. The zero-order valence-corrected chi connectivity index (χ0v) is 14.4. The Morgan fingerprint density at radius 3 is 2.61 bits per heavy atom. The van der Waals surface area contributed by atoms with E-state index in [0.29, 0.717) is 16.8 Å². The van der Waals surface area contributed by atoms with Gasteiger partial charge in [-0.15, -0.1) is 10.2 Å². The van der Waals surface area contributed by atoms with Gasteiger partial charge >= 0.3 is 0 Å². The Morgan fingerprint density at radius 1 is 1.22 bits per heavy atom. The molecule has 0 amide bonds. The van der Waals surface area contributed by atoms with Crippen LogP contribution in [0.1, 0.15) is 61.3 Å². The minimum atomic E-state index is -0.335. The van der Waals surface area contributed by atoms with Gasteiger partial charge in [-0.3, -0.25) is 0 Å². The number of ether oxygens (including phenoxy) is 2. The monoisotopic (exact) mass is 336 g/mol. The van der Waals surface area contributed by atoms with Gasteiger partial charge in [-0.1, -0.05) is 11.6 Å². The minimum Gasteiger partial charge on any atom is -0.480 e. The quantitative estimate of drug-likeness (QED) is 0.808. The van der Waals surface area contributed by atoms with Crippen LogP contribution < -0.4 is 4.74 Å². The fraction of sp³-hybridized carbons (Fsp3) is 0.529. The van der Waals surface area contributed by atoms with E-state index in [-0.39, 0.29) is 12.2 Å². The highest BCUT2D eigenvalue weighted by molar-refractivity contribution is 6.30. The molecule has 0 spiro atoms. The second-order valence-corrected chi connectivity index (χ2v) is 6.40. The molecule has 3 rings (SSSR count). The first kappa shape index (κ1) is 16.3. The molecule has 0 bridgehead atoms. The first-order valence-electron chi connectivity index (χ1n) is 7.93. The van der Waals surface area contributed by atoms with Crippen molar-refractivity contribution in [3.8, 4) is 5.75 Å². The van der Waals surface area contributed by atoms with Crippen molar-refractivity contribution in [2.75, 3.05) is 6.61 Å². The molecule has 23 heavy (non-hydrogen) atoms. The predicted molar refractivity (Wildman–Crippen MR) is 86.8 cm³/mol. The van der Waals surface area contributed by atoms with Crippen molar-refractivity contribution >= 4 is 11.6 Å². The average Bonchev–Trinajstić information content (AvgIpc) is 3.01. The molecular formula is C17H21ClN2O3. The fourth-order valence-electron chi connectivity index (χ4n) is 2.79. The van der Waals surface area contributed by atoms with Gasteiger partial charge < -0.3 is 13.9 Å². The van der Waals surface area contributed by atoms with Crippen LogP contribution in [0.15, 0.2) is 16.5 Å². The van der Waals surface area contributed by atoms with Crippen molar-refractivity contribution < 1.29 is 13.9 Å². The lowest BCUT2D eigenvalue weighted by atomic mass is 10.1. The van der Waals surface area contributed by atoms with E-state index in [4.69, 9.17) is 25.5 Å². The van der Waals surface area contributed by atoms with Crippen molar-refractivity contribution in [2.45, 2.75) is 52.2 Å². The standard InChI is InChI=1S/C17H21ClN2O3/c1-10-8-13(18)9-11(2)15(10)22-12(3)16-19-20-17(23-16)14-6-4-5-7-21-14/h8-9,12,14H,4-7H2,1-3H3/t12-,14-/m0/s1. The summed E-state index contributed by atoms with van der Waals surface area (Å²) in [5, 5.41) is 8.94. The minimum absolute atomic E-state index is 0.0868. The highest BCUT2D eigenvalue weighted by Gasteiger charge is 2.24. The maximum Gasteiger partial charge on any atom is 0.256 e. The molecule has 1 saturated heterocycles. The normalized spacial score (nSPS) is 19.6. The van der Waals surface area contributed by atoms with Gasteiger partial charge in [0.2, 0.25) is 5.89 Å². The summed E-state index contributed by atoms with van der Waals surface area (Å²) >= 11 is 6.05. The number of halogens is 1. The second kappa shape index (κ2) is 6.89. The highest BCUT2D eigenvalue weighted by Crippen LogP contribution is 2.32. The molecule has 0 radical (unpaired) electrons.